The molecule has 2 N–H and O–H groups in total. The van der Waals surface area contributed by atoms with E-state index in [0.717, 1.165) is 12.8 Å². The van der Waals surface area contributed by atoms with Crippen molar-refractivity contribution in [2.75, 3.05) is 0 Å². The second kappa shape index (κ2) is 4.64. The number of carbonyl (C=O) groups excluding carboxylic acids is 2. The molecule has 80 valence electrons. The Morgan fingerprint density at radius 2 is 1.86 bits per heavy atom. The summed E-state index contributed by atoms with van der Waals surface area (Å²) < 4.78 is 0. The highest BCUT2D eigenvalue weighted by molar-refractivity contribution is 6.30. The highest BCUT2D eigenvalue weighted by atomic mass is 35.5. The second-order valence-corrected chi connectivity index (χ2v) is 4.28. The Morgan fingerprint density at radius 1 is 1.29 bits per heavy atom. The first kappa shape index (κ1) is 11.3. The van der Waals surface area contributed by atoms with Crippen molar-refractivity contribution in [2.24, 2.45) is 0 Å². The number of alkyl halides is 1. The molecule has 0 bridgehead atoms. The summed E-state index contributed by atoms with van der Waals surface area (Å²) >= 11 is 5.55. The quantitative estimate of drug-likeness (QED) is 0.671. The minimum absolute atomic E-state index is 0.141. The fourth-order valence-corrected chi connectivity index (χ4v) is 1.01. The number of nitrogens with one attached hydrogen (secondary N) is 2. The van der Waals surface area contributed by atoms with Gasteiger partial charge in [0.25, 0.3) is 0 Å². The molecule has 1 rings (SSSR count). The average Bonchev–Trinajstić information content (AvgIpc) is 2.87. The lowest BCUT2D eigenvalue weighted by atomic mass is 10.3. The molecular weight excluding hydrogens is 204 g/mol. The smallest absolute Gasteiger partial charge is 0.242 e. The van der Waals surface area contributed by atoms with Crippen LogP contribution in [0.15, 0.2) is 0 Å². The van der Waals surface area contributed by atoms with E-state index in [2.05, 4.69) is 10.6 Å². The third-order valence-electron chi connectivity index (χ3n) is 2.04. The topological polar surface area (TPSA) is 58.2 Å². The fraction of sp³-hybridized carbons (Fsp3) is 0.778. The van der Waals surface area contributed by atoms with Gasteiger partial charge < -0.3 is 10.6 Å². The minimum Gasteiger partial charge on any atom is -0.352 e. The van der Waals surface area contributed by atoms with E-state index in [0.29, 0.717) is 6.04 Å². The van der Waals surface area contributed by atoms with Gasteiger partial charge in [0.15, 0.2) is 0 Å². The molecule has 0 aromatic heterocycles. The number of amides is 2. The molecule has 0 saturated heterocycles. The van der Waals surface area contributed by atoms with Crippen molar-refractivity contribution in [2.45, 2.75) is 44.1 Å². The van der Waals surface area contributed by atoms with E-state index in [1.54, 1.807) is 13.8 Å². The monoisotopic (exact) mass is 218 g/mol. The predicted octanol–water partition coefficient (Wildman–Crippen LogP) is 0.397. The van der Waals surface area contributed by atoms with E-state index in [1.165, 1.54) is 0 Å². The van der Waals surface area contributed by atoms with E-state index < -0.39 is 11.4 Å². The maximum atomic E-state index is 11.4. The Balaban J connectivity index is 2.28. The van der Waals surface area contributed by atoms with Crippen LogP contribution in [0.1, 0.15) is 26.7 Å². The van der Waals surface area contributed by atoms with Gasteiger partial charge in [-0.25, -0.2) is 0 Å². The number of halogens is 1. The Bertz CT molecular complexity index is 239. The Labute approximate surface area is 88.4 Å². The summed E-state index contributed by atoms with van der Waals surface area (Å²) in [6.45, 7) is 3.22. The first-order valence-corrected chi connectivity index (χ1v) is 5.19. The van der Waals surface area contributed by atoms with Crippen molar-refractivity contribution in [3.05, 3.63) is 0 Å². The zero-order valence-electron chi connectivity index (χ0n) is 8.34. The fourth-order valence-electron chi connectivity index (χ4n) is 0.948. The molecule has 0 aromatic rings. The SMILES string of the molecule is CC(Cl)C(=O)NC(C)C(=O)NC1CC1. The molecule has 0 aromatic carbocycles. The molecular formula is C9H15ClN2O2. The van der Waals surface area contributed by atoms with Crippen LogP contribution in [0.2, 0.25) is 0 Å². The zero-order chi connectivity index (χ0) is 10.7. The van der Waals surface area contributed by atoms with Crippen molar-refractivity contribution in [1.29, 1.82) is 0 Å². The minimum atomic E-state index is -0.605. The van der Waals surface area contributed by atoms with Gasteiger partial charge in [-0.3, -0.25) is 9.59 Å². The lowest BCUT2D eigenvalue weighted by molar-refractivity contribution is -0.128. The molecule has 1 fully saturated rings. The molecule has 4 nitrogen and oxygen atoms in total. The van der Waals surface area contributed by atoms with Gasteiger partial charge in [0.2, 0.25) is 11.8 Å². The highest BCUT2D eigenvalue weighted by Crippen LogP contribution is 2.18. The lowest BCUT2D eigenvalue weighted by Crippen LogP contribution is -2.47. The number of hydrogen-bond acceptors (Lipinski definition) is 2. The lowest BCUT2D eigenvalue weighted by Gasteiger charge is -2.14. The molecule has 14 heavy (non-hydrogen) atoms. The molecule has 1 saturated carbocycles. The first-order valence-electron chi connectivity index (χ1n) is 4.75. The van der Waals surface area contributed by atoms with Crippen LogP contribution in [-0.4, -0.2) is 29.3 Å². The maximum absolute atomic E-state index is 11.4. The third-order valence-corrected chi connectivity index (χ3v) is 2.24. The van der Waals surface area contributed by atoms with Gasteiger partial charge in [0, 0.05) is 6.04 Å². The highest BCUT2D eigenvalue weighted by Gasteiger charge is 2.26. The molecule has 2 unspecified atom stereocenters. The Kier molecular flexibility index (Phi) is 3.75. The molecule has 5 heteroatoms. The Morgan fingerprint density at radius 3 is 2.29 bits per heavy atom. The summed E-state index contributed by atoms with van der Waals surface area (Å²) in [5.74, 6) is -0.455. The molecule has 2 amide bonds. The molecule has 1 aliphatic carbocycles. The van der Waals surface area contributed by atoms with Gasteiger partial charge in [-0.2, -0.15) is 0 Å². The summed E-state index contributed by atoms with van der Waals surface area (Å²) in [7, 11) is 0. The number of carbonyl (C=O) groups is 2. The van der Waals surface area contributed by atoms with Crippen LogP contribution in [0.4, 0.5) is 0 Å². The number of hydrogen-bond donors (Lipinski definition) is 2. The van der Waals surface area contributed by atoms with Crippen LogP contribution in [0.25, 0.3) is 0 Å². The van der Waals surface area contributed by atoms with E-state index in [9.17, 15) is 9.59 Å². The summed E-state index contributed by atoms with van der Waals surface area (Å²) in [6, 6.07) is -0.195. The summed E-state index contributed by atoms with van der Waals surface area (Å²) in [6.07, 6.45) is 2.08. The van der Waals surface area contributed by atoms with Crippen LogP contribution >= 0.6 is 11.6 Å². The second-order valence-electron chi connectivity index (χ2n) is 3.63. The van der Waals surface area contributed by atoms with E-state index in [-0.39, 0.29) is 11.8 Å². The largest absolute Gasteiger partial charge is 0.352 e. The summed E-state index contributed by atoms with van der Waals surface area (Å²) in [5, 5.41) is 4.73. The first-order chi connectivity index (χ1) is 6.50. The van der Waals surface area contributed by atoms with Gasteiger partial charge in [-0.1, -0.05) is 0 Å². The van der Waals surface area contributed by atoms with Crippen molar-refractivity contribution in [3.63, 3.8) is 0 Å². The van der Waals surface area contributed by atoms with Crippen molar-refractivity contribution in [1.82, 2.24) is 10.6 Å². The Hall–Kier alpha value is -0.770. The van der Waals surface area contributed by atoms with Crippen molar-refractivity contribution < 1.29 is 9.59 Å². The number of rotatable bonds is 4. The van der Waals surface area contributed by atoms with Crippen LogP contribution in [0.5, 0.6) is 0 Å². The van der Waals surface area contributed by atoms with Gasteiger partial charge in [-0.05, 0) is 26.7 Å². The molecule has 0 aliphatic heterocycles. The molecule has 0 radical (unpaired) electrons. The van der Waals surface area contributed by atoms with Crippen LogP contribution < -0.4 is 10.6 Å². The standard InChI is InChI=1S/C9H15ClN2O2/c1-5(10)8(13)11-6(2)9(14)12-7-3-4-7/h5-7H,3-4H2,1-2H3,(H,11,13)(H,12,14). The van der Waals surface area contributed by atoms with Gasteiger partial charge in [0.05, 0.1) is 0 Å². The molecule has 0 spiro atoms. The van der Waals surface area contributed by atoms with Crippen LogP contribution in [0, 0.1) is 0 Å². The van der Waals surface area contributed by atoms with Crippen molar-refractivity contribution in [3.8, 4) is 0 Å². The van der Waals surface area contributed by atoms with Crippen LogP contribution in [-0.2, 0) is 9.59 Å². The molecule has 2 atom stereocenters. The predicted molar refractivity (Wildman–Crippen MR) is 54.1 cm³/mol. The maximum Gasteiger partial charge on any atom is 0.242 e. The molecule has 1 aliphatic rings. The average molecular weight is 219 g/mol. The van der Waals surface area contributed by atoms with Gasteiger partial charge >= 0.3 is 0 Å². The van der Waals surface area contributed by atoms with Crippen LogP contribution in [0.3, 0.4) is 0 Å². The third kappa shape index (κ3) is 3.54. The van der Waals surface area contributed by atoms with E-state index in [4.69, 9.17) is 11.6 Å². The zero-order valence-corrected chi connectivity index (χ0v) is 9.10. The van der Waals surface area contributed by atoms with E-state index >= 15 is 0 Å². The van der Waals surface area contributed by atoms with E-state index in [1.807, 2.05) is 0 Å². The van der Waals surface area contributed by atoms with Gasteiger partial charge in [0.1, 0.15) is 11.4 Å². The normalized spacial score (nSPS) is 19.6. The van der Waals surface area contributed by atoms with Gasteiger partial charge in [-0.15, -0.1) is 11.6 Å². The van der Waals surface area contributed by atoms with Crippen molar-refractivity contribution >= 4 is 23.4 Å². The summed E-state index contributed by atoms with van der Waals surface area (Å²) in [4.78, 5) is 22.5. The molecule has 0 heterocycles. The summed E-state index contributed by atoms with van der Waals surface area (Å²) in [5.41, 5.74) is 0.